The third kappa shape index (κ3) is 3.13. The maximum atomic E-state index is 12.2. The Labute approximate surface area is 113 Å². The molecule has 0 radical (unpaired) electrons. The summed E-state index contributed by atoms with van der Waals surface area (Å²) in [5.41, 5.74) is 2.79. The summed E-state index contributed by atoms with van der Waals surface area (Å²) in [4.78, 5) is 21.5. The van der Waals surface area contributed by atoms with E-state index in [1.165, 1.54) is 0 Å². The van der Waals surface area contributed by atoms with Crippen LogP contribution in [0.15, 0.2) is 18.2 Å². The van der Waals surface area contributed by atoms with Crippen molar-refractivity contribution in [1.29, 1.82) is 0 Å². The lowest BCUT2D eigenvalue weighted by Crippen LogP contribution is -2.29. The number of carbonyl (C=O) groups excluding carboxylic acids is 1. The van der Waals surface area contributed by atoms with Crippen LogP contribution in [0.1, 0.15) is 33.0 Å². The zero-order valence-electron chi connectivity index (χ0n) is 12.2. The van der Waals surface area contributed by atoms with Crippen LogP contribution in [0.2, 0.25) is 0 Å². The van der Waals surface area contributed by atoms with E-state index in [4.69, 9.17) is 0 Å². The van der Waals surface area contributed by atoms with E-state index in [1.54, 1.807) is 4.90 Å². The Morgan fingerprint density at radius 1 is 1.37 bits per heavy atom. The van der Waals surface area contributed by atoms with E-state index in [-0.39, 0.29) is 11.3 Å². The third-order valence-electron chi connectivity index (χ3n) is 3.03. The molecule has 0 unspecified atom stereocenters. The van der Waals surface area contributed by atoms with Gasteiger partial charge >= 0.3 is 0 Å². The average molecular weight is 259 g/mol. The van der Waals surface area contributed by atoms with E-state index in [0.29, 0.717) is 6.42 Å². The maximum absolute atomic E-state index is 12.2. The van der Waals surface area contributed by atoms with E-state index >= 15 is 0 Å². The number of anilines is 1. The van der Waals surface area contributed by atoms with Gasteiger partial charge in [-0.1, -0.05) is 20.8 Å². The van der Waals surface area contributed by atoms with Gasteiger partial charge in [0.15, 0.2) is 0 Å². The first kappa shape index (κ1) is 13.6. The van der Waals surface area contributed by atoms with Gasteiger partial charge in [-0.05, 0) is 30.5 Å². The molecule has 0 fully saturated rings. The highest BCUT2D eigenvalue weighted by atomic mass is 16.2. The number of H-pyrrole nitrogens is 1. The van der Waals surface area contributed by atoms with Crippen molar-refractivity contribution in [2.75, 3.05) is 11.9 Å². The van der Waals surface area contributed by atoms with Crippen molar-refractivity contribution in [3.05, 3.63) is 24.0 Å². The van der Waals surface area contributed by atoms with Crippen LogP contribution in [0, 0.1) is 12.3 Å². The zero-order valence-corrected chi connectivity index (χ0v) is 12.2. The highest BCUT2D eigenvalue weighted by Crippen LogP contribution is 2.24. The molecule has 1 heterocycles. The van der Waals surface area contributed by atoms with Gasteiger partial charge in [-0.2, -0.15) is 0 Å². The molecule has 4 heteroatoms. The van der Waals surface area contributed by atoms with Crippen LogP contribution in [-0.4, -0.2) is 22.9 Å². The molecule has 0 bridgehead atoms. The van der Waals surface area contributed by atoms with Crippen molar-refractivity contribution in [1.82, 2.24) is 9.97 Å². The first-order valence-electron chi connectivity index (χ1n) is 6.49. The lowest BCUT2D eigenvalue weighted by atomic mass is 9.91. The van der Waals surface area contributed by atoms with E-state index in [1.807, 2.05) is 32.2 Å². The van der Waals surface area contributed by atoms with Gasteiger partial charge in [-0.25, -0.2) is 4.98 Å². The standard InChI is InChI=1S/C15H21N3O/c1-10-16-12-7-6-11(8-13(12)17-10)18(5)14(19)9-15(2,3)4/h6-8H,9H2,1-5H3,(H,16,17). The molecule has 0 aliphatic rings. The SMILES string of the molecule is Cc1nc2ccc(N(C)C(=O)CC(C)(C)C)cc2[nH]1. The molecule has 1 amide bonds. The lowest BCUT2D eigenvalue weighted by molar-refractivity contribution is -0.120. The number of hydrogen-bond acceptors (Lipinski definition) is 2. The normalized spacial score (nSPS) is 11.8. The predicted octanol–water partition coefficient (Wildman–Crippen LogP) is 3.27. The number of imidazole rings is 1. The van der Waals surface area contributed by atoms with Gasteiger partial charge in [0.05, 0.1) is 11.0 Å². The number of benzene rings is 1. The summed E-state index contributed by atoms with van der Waals surface area (Å²) in [6.07, 6.45) is 0.531. The van der Waals surface area contributed by atoms with Crippen LogP contribution in [0.25, 0.3) is 11.0 Å². The van der Waals surface area contributed by atoms with E-state index in [2.05, 4.69) is 30.7 Å². The molecule has 4 nitrogen and oxygen atoms in total. The minimum Gasteiger partial charge on any atom is -0.342 e. The summed E-state index contributed by atoms with van der Waals surface area (Å²) >= 11 is 0. The molecule has 1 N–H and O–H groups in total. The molecular weight excluding hydrogens is 238 g/mol. The minimum absolute atomic E-state index is 0.0000202. The number of nitrogens with one attached hydrogen (secondary N) is 1. The Bertz CT molecular complexity index is 607. The Hall–Kier alpha value is -1.84. The lowest BCUT2D eigenvalue weighted by Gasteiger charge is -2.23. The highest BCUT2D eigenvalue weighted by Gasteiger charge is 2.20. The van der Waals surface area contributed by atoms with Crippen LogP contribution in [0.5, 0.6) is 0 Å². The monoisotopic (exact) mass is 259 g/mol. The van der Waals surface area contributed by atoms with Crippen LogP contribution in [0.3, 0.4) is 0 Å². The maximum Gasteiger partial charge on any atom is 0.227 e. The largest absolute Gasteiger partial charge is 0.342 e. The fraction of sp³-hybridized carbons (Fsp3) is 0.467. The first-order chi connectivity index (χ1) is 8.76. The predicted molar refractivity (Wildman–Crippen MR) is 78.3 cm³/mol. The molecular formula is C15H21N3O. The van der Waals surface area contributed by atoms with Gasteiger partial charge in [0.25, 0.3) is 0 Å². The van der Waals surface area contributed by atoms with Crippen LogP contribution in [-0.2, 0) is 4.79 Å². The second-order valence-electron chi connectivity index (χ2n) is 6.21. The summed E-state index contributed by atoms with van der Waals surface area (Å²) in [5, 5.41) is 0. The molecule has 0 aliphatic carbocycles. The van der Waals surface area contributed by atoms with Crippen molar-refractivity contribution < 1.29 is 4.79 Å². The number of hydrogen-bond donors (Lipinski definition) is 1. The summed E-state index contributed by atoms with van der Waals surface area (Å²) in [6, 6.07) is 5.84. The summed E-state index contributed by atoms with van der Waals surface area (Å²) < 4.78 is 0. The molecule has 1 aromatic heterocycles. The second kappa shape index (κ2) is 4.68. The molecule has 0 atom stereocenters. The number of amides is 1. The molecule has 102 valence electrons. The molecule has 2 aromatic rings. The van der Waals surface area contributed by atoms with E-state index in [0.717, 1.165) is 22.5 Å². The number of carbonyl (C=O) groups is 1. The average Bonchev–Trinajstić information content (AvgIpc) is 2.64. The molecule has 0 aliphatic heterocycles. The topological polar surface area (TPSA) is 49.0 Å². The van der Waals surface area contributed by atoms with Crippen molar-refractivity contribution in [3.8, 4) is 0 Å². The Morgan fingerprint density at radius 2 is 2.05 bits per heavy atom. The van der Waals surface area contributed by atoms with Gasteiger partial charge in [0.1, 0.15) is 5.82 Å². The molecule has 0 spiro atoms. The first-order valence-corrected chi connectivity index (χ1v) is 6.49. The van der Waals surface area contributed by atoms with Crippen LogP contribution >= 0.6 is 0 Å². The second-order valence-corrected chi connectivity index (χ2v) is 6.21. The number of fused-ring (bicyclic) bond motifs is 1. The molecule has 2 rings (SSSR count). The zero-order chi connectivity index (χ0) is 14.2. The van der Waals surface area contributed by atoms with Gasteiger partial charge in [-0.15, -0.1) is 0 Å². The number of aromatic nitrogens is 2. The summed E-state index contributed by atoms with van der Waals surface area (Å²) in [7, 11) is 1.82. The van der Waals surface area contributed by atoms with Gasteiger partial charge < -0.3 is 9.88 Å². The molecule has 0 saturated carbocycles. The highest BCUT2D eigenvalue weighted by molar-refractivity contribution is 5.95. The van der Waals surface area contributed by atoms with Crippen molar-refractivity contribution >= 4 is 22.6 Å². The summed E-state index contributed by atoms with van der Waals surface area (Å²) in [6.45, 7) is 8.13. The Balaban J connectivity index is 2.25. The number of rotatable bonds is 2. The smallest absolute Gasteiger partial charge is 0.227 e. The fourth-order valence-electron chi connectivity index (χ4n) is 2.05. The van der Waals surface area contributed by atoms with Crippen LogP contribution < -0.4 is 4.90 Å². The summed E-state index contributed by atoms with van der Waals surface area (Å²) in [5.74, 6) is 1.01. The molecule has 0 saturated heterocycles. The quantitative estimate of drug-likeness (QED) is 0.899. The molecule has 19 heavy (non-hydrogen) atoms. The van der Waals surface area contributed by atoms with E-state index in [9.17, 15) is 4.79 Å². The third-order valence-corrected chi connectivity index (χ3v) is 3.03. The number of aryl methyl sites for hydroxylation is 1. The van der Waals surface area contributed by atoms with E-state index < -0.39 is 0 Å². The Kier molecular flexibility index (Phi) is 3.35. The van der Waals surface area contributed by atoms with Crippen molar-refractivity contribution in [2.24, 2.45) is 5.41 Å². The number of aromatic amines is 1. The fourth-order valence-corrected chi connectivity index (χ4v) is 2.05. The minimum atomic E-state index is 0.0000202. The van der Waals surface area contributed by atoms with Gasteiger partial charge in [0.2, 0.25) is 5.91 Å². The Morgan fingerprint density at radius 3 is 2.68 bits per heavy atom. The van der Waals surface area contributed by atoms with Crippen LogP contribution in [0.4, 0.5) is 5.69 Å². The number of nitrogens with zero attached hydrogens (tertiary/aromatic N) is 2. The molecule has 1 aromatic carbocycles. The van der Waals surface area contributed by atoms with Crippen molar-refractivity contribution in [3.63, 3.8) is 0 Å². The van der Waals surface area contributed by atoms with Gasteiger partial charge in [0, 0.05) is 19.2 Å². The van der Waals surface area contributed by atoms with Gasteiger partial charge in [-0.3, -0.25) is 4.79 Å². The van der Waals surface area contributed by atoms with Crippen molar-refractivity contribution in [2.45, 2.75) is 34.1 Å².